The third-order valence-corrected chi connectivity index (χ3v) is 4.40. The lowest BCUT2D eigenvalue weighted by molar-refractivity contribution is -0.121. The number of amides is 1. The van der Waals surface area contributed by atoms with Gasteiger partial charge >= 0.3 is 0 Å². The first-order valence-electron chi connectivity index (χ1n) is 9.04. The highest BCUT2D eigenvalue weighted by Crippen LogP contribution is 2.20. The third-order valence-electron chi connectivity index (χ3n) is 4.40. The second-order valence-electron chi connectivity index (χ2n) is 6.32. The van der Waals surface area contributed by atoms with Crippen LogP contribution in [0.4, 0.5) is 0 Å². The average molecular weight is 367 g/mol. The molecule has 0 aliphatic heterocycles. The van der Waals surface area contributed by atoms with E-state index in [-0.39, 0.29) is 12.5 Å². The minimum Gasteiger partial charge on any atom is -0.497 e. The average Bonchev–Trinajstić information content (AvgIpc) is 3.03. The van der Waals surface area contributed by atoms with Crippen molar-refractivity contribution in [3.8, 4) is 5.75 Å². The summed E-state index contributed by atoms with van der Waals surface area (Å²) in [4.78, 5) is 17.1. The fourth-order valence-corrected chi connectivity index (χ4v) is 3.01. The summed E-state index contributed by atoms with van der Waals surface area (Å²) in [7, 11) is 3.31. The highest BCUT2D eigenvalue weighted by Gasteiger charge is 2.14. The van der Waals surface area contributed by atoms with E-state index in [9.17, 15) is 4.79 Å². The molecule has 0 saturated heterocycles. The van der Waals surface area contributed by atoms with Gasteiger partial charge in [0.25, 0.3) is 0 Å². The lowest BCUT2D eigenvalue weighted by Crippen LogP contribution is -2.29. The first kappa shape index (κ1) is 18.9. The molecular formula is C21H25N3O3. The summed E-state index contributed by atoms with van der Waals surface area (Å²) in [6.45, 7) is 1.49. The van der Waals surface area contributed by atoms with Gasteiger partial charge in [0.15, 0.2) is 0 Å². The molecule has 27 heavy (non-hydrogen) atoms. The van der Waals surface area contributed by atoms with Crippen LogP contribution in [0.5, 0.6) is 5.75 Å². The SMILES string of the molecule is COCCCNC(=O)Cn1c(Cc2ccc(OC)cc2)nc2ccccc21. The molecule has 0 saturated carbocycles. The maximum Gasteiger partial charge on any atom is 0.240 e. The number of methoxy groups -OCH3 is 2. The summed E-state index contributed by atoms with van der Waals surface area (Å²) in [5, 5.41) is 2.94. The van der Waals surface area contributed by atoms with Crippen molar-refractivity contribution >= 4 is 16.9 Å². The minimum atomic E-state index is -0.0229. The van der Waals surface area contributed by atoms with Crippen molar-refractivity contribution in [1.82, 2.24) is 14.9 Å². The van der Waals surface area contributed by atoms with Crippen LogP contribution in [0.25, 0.3) is 11.0 Å². The molecule has 0 fully saturated rings. The molecule has 0 aliphatic carbocycles. The zero-order valence-corrected chi connectivity index (χ0v) is 15.8. The van der Waals surface area contributed by atoms with Crippen molar-refractivity contribution in [3.63, 3.8) is 0 Å². The Morgan fingerprint density at radius 1 is 1.11 bits per heavy atom. The molecule has 1 aromatic heterocycles. The number of ether oxygens (including phenoxy) is 2. The normalized spacial score (nSPS) is 10.9. The van der Waals surface area contributed by atoms with Gasteiger partial charge in [-0.1, -0.05) is 24.3 Å². The number of fused-ring (bicyclic) bond motifs is 1. The molecule has 142 valence electrons. The number of hydrogen-bond donors (Lipinski definition) is 1. The Balaban J connectivity index is 1.79. The molecule has 0 spiro atoms. The standard InChI is InChI=1S/C21H25N3O3/c1-26-13-5-12-22-21(25)15-24-19-7-4-3-6-18(19)23-20(24)14-16-8-10-17(27-2)11-9-16/h3-4,6-11H,5,12-15H2,1-2H3,(H,22,25). The number of rotatable bonds is 9. The fourth-order valence-electron chi connectivity index (χ4n) is 3.01. The predicted octanol–water partition coefficient (Wildman–Crippen LogP) is 2.79. The molecule has 6 nitrogen and oxygen atoms in total. The Kier molecular flexibility index (Phi) is 6.44. The van der Waals surface area contributed by atoms with Gasteiger partial charge in [0.05, 0.1) is 18.1 Å². The topological polar surface area (TPSA) is 65.4 Å². The first-order valence-corrected chi connectivity index (χ1v) is 9.04. The molecule has 0 radical (unpaired) electrons. The van der Waals surface area contributed by atoms with Crippen LogP contribution in [-0.4, -0.2) is 42.8 Å². The van der Waals surface area contributed by atoms with E-state index in [1.165, 1.54) is 0 Å². The molecule has 6 heteroatoms. The van der Waals surface area contributed by atoms with Crippen LogP contribution in [0, 0.1) is 0 Å². The molecule has 0 atom stereocenters. The molecule has 3 rings (SSSR count). The molecule has 1 N–H and O–H groups in total. The van der Waals surface area contributed by atoms with Crippen LogP contribution < -0.4 is 10.1 Å². The quantitative estimate of drug-likeness (QED) is 0.591. The first-order chi connectivity index (χ1) is 13.2. The Bertz CT molecular complexity index is 887. The summed E-state index contributed by atoms with van der Waals surface area (Å²) in [5.74, 6) is 1.67. The van der Waals surface area contributed by atoms with E-state index in [1.54, 1.807) is 14.2 Å². The second kappa shape index (κ2) is 9.19. The highest BCUT2D eigenvalue weighted by atomic mass is 16.5. The van der Waals surface area contributed by atoms with E-state index < -0.39 is 0 Å². The number of aromatic nitrogens is 2. The van der Waals surface area contributed by atoms with Crippen LogP contribution in [0.3, 0.4) is 0 Å². The molecule has 0 unspecified atom stereocenters. The van der Waals surface area contributed by atoms with Gasteiger partial charge < -0.3 is 19.4 Å². The largest absolute Gasteiger partial charge is 0.497 e. The number of nitrogens with zero attached hydrogens (tertiary/aromatic N) is 2. The monoisotopic (exact) mass is 367 g/mol. The molecule has 1 heterocycles. The number of benzene rings is 2. The fraction of sp³-hybridized carbons (Fsp3) is 0.333. The van der Waals surface area contributed by atoms with Crippen LogP contribution in [0.1, 0.15) is 17.8 Å². The summed E-state index contributed by atoms with van der Waals surface area (Å²) in [6, 6.07) is 15.8. The van der Waals surface area contributed by atoms with Crippen molar-refractivity contribution in [1.29, 1.82) is 0 Å². The number of para-hydroxylation sites is 2. The smallest absolute Gasteiger partial charge is 0.240 e. The van der Waals surface area contributed by atoms with Crippen LogP contribution >= 0.6 is 0 Å². The Morgan fingerprint density at radius 3 is 2.63 bits per heavy atom. The van der Waals surface area contributed by atoms with Crippen molar-refractivity contribution < 1.29 is 14.3 Å². The van der Waals surface area contributed by atoms with Gasteiger partial charge in [-0.15, -0.1) is 0 Å². The highest BCUT2D eigenvalue weighted by molar-refractivity contribution is 5.81. The van der Waals surface area contributed by atoms with Crippen LogP contribution in [-0.2, 0) is 22.5 Å². The van der Waals surface area contributed by atoms with Crippen molar-refractivity contribution in [2.24, 2.45) is 0 Å². The molecule has 3 aromatic rings. The van der Waals surface area contributed by atoms with Gasteiger partial charge in [0.2, 0.25) is 5.91 Å². The number of hydrogen-bond acceptors (Lipinski definition) is 4. The van der Waals surface area contributed by atoms with Crippen LogP contribution in [0.15, 0.2) is 48.5 Å². The van der Waals surface area contributed by atoms with E-state index in [0.717, 1.165) is 34.6 Å². The number of nitrogens with one attached hydrogen (secondary N) is 1. The lowest BCUT2D eigenvalue weighted by Gasteiger charge is -2.10. The Morgan fingerprint density at radius 2 is 1.89 bits per heavy atom. The van der Waals surface area contributed by atoms with E-state index in [0.29, 0.717) is 19.6 Å². The van der Waals surface area contributed by atoms with Gasteiger partial charge in [-0.25, -0.2) is 4.98 Å². The van der Waals surface area contributed by atoms with Gasteiger partial charge in [-0.05, 0) is 36.2 Å². The molecule has 0 bridgehead atoms. The van der Waals surface area contributed by atoms with E-state index >= 15 is 0 Å². The van der Waals surface area contributed by atoms with Crippen molar-refractivity contribution in [2.45, 2.75) is 19.4 Å². The van der Waals surface area contributed by atoms with Gasteiger partial charge in [0.1, 0.15) is 18.1 Å². The molecule has 2 aromatic carbocycles. The molecule has 1 amide bonds. The molecule has 0 aliphatic rings. The van der Waals surface area contributed by atoms with E-state index in [2.05, 4.69) is 5.32 Å². The third kappa shape index (κ3) is 4.86. The number of carbonyl (C=O) groups excluding carboxylic acids is 1. The maximum absolute atomic E-state index is 12.4. The second-order valence-corrected chi connectivity index (χ2v) is 6.32. The predicted molar refractivity (Wildman–Crippen MR) is 105 cm³/mol. The van der Waals surface area contributed by atoms with E-state index in [1.807, 2.05) is 53.1 Å². The molecular weight excluding hydrogens is 342 g/mol. The van der Waals surface area contributed by atoms with Gasteiger partial charge in [-0.3, -0.25) is 4.79 Å². The number of imidazole rings is 1. The van der Waals surface area contributed by atoms with Gasteiger partial charge in [-0.2, -0.15) is 0 Å². The van der Waals surface area contributed by atoms with Crippen molar-refractivity contribution in [3.05, 3.63) is 59.9 Å². The summed E-state index contributed by atoms with van der Waals surface area (Å²) in [6.07, 6.45) is 1.45. The summed E-state index contributed by atoms with van der Waals surface area (Å²) >= 11 is 0. The zero-order valence-electron chi connectivity index (χ0n) is 15.8. The zero-order chi connectivity index (χ0) is 19.1. The number of carbonyl (C=O) groups is 1. The summed E-state index contributed by atoms with van der Waals surface area (Å²) in [5.41, 5.74) is 2.98. The van der Waals surface area contributed by atoms with Crippen LogP contribution in [0.2, 0.25) is 0 Å². The van der Waals surface area contributed by atoms with Crippen molar-refractivity contribution in [2.75, 3.05) is 27.4 Å². The summed E-state index contributed by atoms with van der Waals surface area (Å²) < 4.78 is 12.2. The lowest BCUT2D eigenvalue weighted by atomic mass is 10.1. The minimum absolute atomic E-state index is 0.0229. The Labute approximate surface area is 159 Å². The van der Waals surface area contributed by atoms with E-state index in [4.69, 9.17) is 14.5 Å². The maximum atomic E-state index is 12.4. The Hall–Kier alpha value is -2.86. The van der Waals surface area contributed by atoms with Gasteiger partial charge in [0, 0.05) is 26.7 Å².